The highest BCUT2D eigenvalue weighted by Crippen LogP contribution is 2.17. The van der Waals surface area contributed by atoms with Gasteiger partial charge in [0, 0.05) is 29.1 Å². The number of benzene rings is 3. The molecule has 0 heterocycles. The SMILES string of the molecule is O=C(CCC(=O)c1ccc2ccccc2c1)NNC(=S)Nc1ccc(Cl)cc1. The molecule has 0 radical (unpaired) electrons. The standard InChI is InChI=1S/C21H18ClN3O2S/c22-17-7-9-18(10-8-17)23-21(28)25-24-20(27)12-11-19(26)16-6-5-14-3-1-2-4-15(14)13-16/h1-10,13H,11-12H2,(H,24,27)(H2,23,25,28). The minimum atomic E-state index is -0.325. The molecule has 0 saturated carbocycles. The van der Waals surface area contributed by atoms with Gasteiger partial charge in [-0.25, -0.2) is 0 Å². The van der Waals surface area contributed by atoms with Crippen molar-refractivity contribution < 1.29 is 9.59 Å². The second-order valence-electron chi connectivity index (χ2n) is 6.12. The van der Waals surface area contributed by atoms with Gasteiger partial charge in [0.25, 0.3) is 0 Å². The fraction of sp³-hybridized carbons (Fsp3) is 0.0952. The van der Waals surface area contributed by atoms with Crippen LogP contribution < -0.4 is 16.2 Å². The Morgan fingerprint density at radius 1 is 0.857 bits per heavy atom. The molecule has 28 heavy (non-hydrogen) atoms. The van der Waals surface area contributed by atoms with E-state index in [1.54, 1.807) is 30.3 Å². The quantitative estimate of drug-likeness (QED) is 0.328. The van der Waals surface area contributed by atoms with Crippen LogP contribution >= 0.6 is 23.8 Å². The van der Waals surface area contributed by atoms with E-state index in [9.17, 15) is 9.59 Å². The van der Waals surface area contributed by atoms with E-state index in [-0.39, 0.29) is 29.6 Å². The largest absolute Gasteiger partial charge is 0.331 e. The van der Waals surface area contributed by atoms with Crippen molar-refractivity contribution in [1.82, 2.24) is 10.9 Å². The molecule has 0 saturated heterocycles. The lowest BCUT2D eigenvalue weighted by Crippen LogP contribution is -2.43. The summed E-state index contributed by atoms with van der Waals surface area (Å²) in [6.45, 7) is 0. The van der Waals surface area contributed by atoms with Crippen molar-refractivity contribution in [3.8, 4) is 0 Å². The molecule has 0 atom stereocenters. The lowest BCUT2D eigenvalue weighted by molar-refractivity contribution is -0.121. The number of ketones is 1. The first-order valence-electron chi connectivity index (χ1n) is 8.65. The molecule has 0 aliphatic rings. The summed E-state index contributed by atoms with van der Waals surface area (Å²) < 4.78 is 0. The summed E-state index contributed by atoms with van der Waals surface area (Å²) in [5.41, 5.74) is 6.42. The maximum absolute atomic E-state index is 12.4. The van der Waals surface area contributed by atoms with E-state index in [0.29, 0.717) is 10.6 Å². The predicted molar refractivity (Wildman–Crippen MR) is 116 cm³/mol. The van der Waals surface area contributed by atoms with Gasteiger partial charge in [0.15, 0.2) is 10.9 Å². The summed E-state index contributed by atoms with van der Waals surface area (Å²) in [4.78, 5) is 24.3. The third-order valence-electron chi connectivity index (χ3n) is 4.07. The van der Waals surface area contributed by atoms with Crippen LogP contribution in [0.25, 0.3) is 10.8 Å². The monoisotopic (exact) mass is 411 g/mol. The van der Waals surface area contributed by atoms with Gasteiger partial charge in [0.2, 0.25) is 5.91 Å². The van der Waals surface area contributed by atoms with Gasteiger partial charge in [0.05, 0.1) is 0 Å². The molecular formula is C21H18ClN3O2S. The molecule has 142 valence electrons. The van der Waals surface area contributed by atoms with E-state index >= 15 is 0 Å². The van der Waals surface area contributed by atoms with E-state index in [1.807, 2.05) is 36.4 Å². The van der Waals surface area contributed by atoms with Gasteiger partial charge in [-0.1, -0.05) is 48.0 Å². The molecule has 3 aromatic carbocycles. The van der Waals surface area contributed by atoms with Crippen LogP contribution in [0.4, 0.5) is 5.69 Å². The number of rotatable bonds is 5. The van der Waals surface area contributed by atoms with Crippen molar-refractivity contribution in [2.75, 3.05) is 5.32 Å². The van der Waals surface area contributed by atoms with Crippen LogP contribution in [0.5, 0.6) is 0 Å². The highest BCUT2D eigenvalue weighted by molar-refractivity contribution is 7.80. The van der Waals surface area contributed by atoms with Crippen LogP contribution in [-0.4, -0.2) is 16.8 Å². The second-order valence-corrected chi connectivity index (χ2v) is 6.96. The van der Waals surface area contributed by atoms with Gasteiger partial charge in [-0.2, -0.15) is 0 Å². The summed E-state index contributed by atoms with van der Waals surface area (Å²) in [5.74, 6) is -0.405. The number of nitrogens with one attached hydrogen (secondary N) is 3. The minimum absolute atomic E-state index is 0.0578. The average Bonchev–Trinajstić information content (AvgIpc) is 2.71. The lowest BCUT2D eigenvalue weighted by Gasteiger charge is -2.11. The van der Waals surface area contributed by atoms with Crippen molar-refractivity contribution in [2.45, 2.75) is 12.8 Å². The van der Waals surface area contributed by atoms with Gasteiger partial charge >= 0.3 is 0 Å². The van der Waals surface area contributed by atoms with Crippen molar-refractivity contribution in [3.05, 3.63) is 77.3 Å². The van der Waals surface area contributed by atoms with Crippen LogP contribution in [0.15, 0.2) is 66.7 Å². The van der Waals surface area contributed by atoms with E-state index in [0.717, 1.165) is 16.5 Å². The summed E-state index contributed by atoms with van der Waals surface area (Å²) >= 11 is 10.9. The number of hydrazine groups is 1. The Morgan fingerprint density at radius 3 is 2.32 bits per heavy atom. The summed E-state index contributed by atoms with van der Waals surface area (Å²) in [6, 6.07) is 20.3. The third kappa shape index (κ3) is 5.52. The maximum Gasteiger partial charge on any atom is 0.238 e. The van der Waals surface area contributed by atoms with E-state index in [4.69, 9.17) is 23.8 Å². The Hall–Kier alpha value is -2.96. The number of fused-ring (bicyclic) bond motifs is 1. The molecule has 0 spiro atoms. The molecule has 3 rings (SSSR count). The summed E-state index contributed by atoms with van der Waals surface area (Å²) in [5, 5.41) is 5.83. The van der Waals surface area contributed by atoms with Crippen molar-refractivity contribution in [3.63, 3.8) is 0 Å². The highest BCUT2D eigenvalue weighted by atomic mass is 35.5. The number of carbonyl (C=O) groups excluding carboxylic acids is 2. The number of hydrogen-bond acceptors (Lipinski definition) is 3. The van der Waals surface area contributed by atoms with Crippen LogP contribution in [-0.2, 0) is 4.79 Å². The molecule has 3 aromatic rings. The molecule has 0 aromatic heterocycles. The van der Waals surface area contributed by atoms with Gasteiger partial charge in [-0.15, -0.1) is 0 Å². The van der Waals surface area contributed by atoms with E-state index < -0.39 is 0 Å². The Balaban J connectivity index is 1.44. The zero-order valence-corrected chi connectivity index (χ0v) is 16.4. The number of hydrogen-bond donors (Lipinski definition) is 3. The summed E-state index contributed by atoms with van der Waals surface area (Å²) in [7, 11) is 0. The first-order chi connectivity index (χ1) is 13.5. The Kier molecular flexibility index (Phi) is 6.57. The molecule has 0 unspecified atom stereocenters. The molecule has 0 fully saturated rings. The van der Waals surface area contributed by atoms with Gasteiger partial charge in [0.1, 0.15) is 0 Å². The predicted octanol–water partition coefficient (Wildman–Crippen LogP) is 4.47. The zero-order valence-electron chi connectivity index (χ0n) is 14.9. The number of anilines is 1. The molecule has 0 bridgehead atoms. The Labute approximate surface area is 173 Å². The number of halogens is 1. The summed E-state index contributed by atoms with van der Waals surface area (Å²) in [6.07, 6.45) is 0.172. The zero-order chi connectivity index (χ0) is 19.9. The van der Waals surface area contributed by atoms with Crippen molar-refractivity contribution in [1.29, 1.82) is 0 Å². The van der Waals surface area contributed by atoms with Crippen LogP contribution in [0.1, 0.15) is 23.2 Å². The van der Waals surface area contributed by atoms with Crippen LogP contribution in [0, 0.1) is 0 Å². The third-order valence-corrected chi connectivity index (χ3v) is 4.52. The van der Waals surface area contributed by atoms with Crippen molar-refractivity contribution >= 4 is 57.1 Å². The number of thiocarbonyl (C=S) groups is 1. The average molecular weight is 412 g/mol. The maximum atomic E-state index is 12.4. The fourth-order valence-electron chi connectivity index (χ4n) is 2.62. The van der Waals surface area contributed by atoms with Crippen molar-refractivity contribution in [2.24, 2.45) is 0 Å². The van der Waals surface area contributed by atoms with Gasteiger partial charge < -0.3 is 5.32 Å². The smallest absolute Gasteiger partial charge is 0.238 e. The second kappa shape index (κ2) is 9.30. The first-order valence-corrected chi connectivity index (χ1v) is 9.43. The number of amides is 1. The molecular weight excluding hydrogens is 394 g/mol. The van der Waals surface area contributed by atoms with Gasteiger partial charge in [-0.05, 0) is 53.3 Å². The highest BCUT2D eigenvalue weighted by Gasteiger charge is 2.10. The van der Waals surface area contributed by atoms with Crippen LogP contribution in [0.3, 0.4) is 0 Å². The Morgan fingerprint density at radius 2 is 1.57 bits per heavy atom. The van der Waals surface area contributed by atoms with Crippen LogP contribution in [0.2, 0.25) is 5.02 Å². The lowest BCUT2D eigenvalue weighted by atomic mass is 10.0. The normalized spacial score (nSPS) is 10.3. The topological polar surface area (TPSA) is 70.2 Å². The first kappa shape index (κ1) is 19.8. The molecule has 0 aliphatic heterocycles. The van der Waals surface area contributed by atoms with E-state index in [1.165, 1.54) is 0 Å². The molecule has 0 aliphatic carbocycles. The number of carbonyl (C=O) groups is 2. The molecule has 5 nitrogen and oxygen atoms in total. The van der Waals surface area contributed by atoms with Gasteiger partial charge in [-0.3, -0.25) is 20.4 Å². The Bertz CT molecular complexity index is 1020. The molecule has 7 heteroatoms. The molecule has 1 amide bonds. The van der Waals surface area contributed by atoms with E-state index in [2.05, 4.69) is 16.2 Å². The fourth-order valence-corrected chi connectivity index (χ4v) is 2.91. The minimum Gasteiger partial charge on any atom is -0.331 e. The molecule has 3 N–H and O–H groups in total. The number of Topliss-reactive ketones (excluding diaryl/α,β-unsaturated/α-hetero) is 1.